The number of carboxylic acid groups (broad SMARTS) is 1. The maximum absolute atomic E-state index is 11.8. The van der Waals surface area contributed by atoms with Crippen LogP contribution in [0.5, 0.6) is 0 Å². The molecule has 1 heterocycles. The van der Waals surface area contributed by atoms with Gasteiger partial charge in [0.25, 0.3) is 0 Å². The van der Waals surface area contributed by atoms with Crippen molar-refractivity contribution in [2.45, 2.75) is 59.0 Å². The summed E-state index contributed by atoms with van der Waals surface area (Å²) in [6.45, 7) is 6.61. The Hall–Kier alpha value is -1.62. The van der Waals surface area contributed by atoms with Crippen LogP contribution in [0.2, 0.25) is 0 Å². The number of cyclic esters (lactones) is 1. The van der Waals surface area contributed by atoms with Crippen molar-refractivity contribution in [3.8, 4) is 0 Å². The molecule has 5 atom stereocenters. The average molecular weight is 348 g/mol. The number of fused-ring (bicyclic) bond motifs is 1. The Labute approximate surface area is 148 Å². The third-order valence-electron chi connectivity index (χ3n) is 7.27. The van der Waals surface area contributed by atoms with E-state index in [2.05, 4.69) is 13.8 Å². The maximum Gasteiger partial charge on any atom is 0.334 e. The molecule has 3 aliphatic rings. The molecule has 0 aromatic carbocycles. The second-order valence-electron chi connectivity index (χ2n) is 8.32. The Balaban J connectivity index is 1.92. The number of aliphatic carboxylic acids is 1. The molecule has 1 saturated carbocycles. The summed E-state index contributed by atoms with van der Waals surface area (Å²) in [5.74, 6) is -0.825. The fourth-order valence-electron chi connectivity index (χ4n) is 5.46. The number of ether oxygens (including phenoxy) is 1. The molecule has 0 aromatic heterocycles. The Kier molecular flexibility index (Phi) is 4.56. The van der Waals surface area contributed by atoms with E-state index in [0.29, 0.717) is 25.0 Å². The Morgan fingerprint density at radius 2 is 2.08 bits per heavy atom. The predicted octanol–water partition coefficient (Wildman–Crippen LogP) is 3.08. The van der Waals surface area contributed by atoms with Gasteiger partial charge >= 0.3 is 11.9 Å². The van der Waals surface area contributed by atoms with Gasteiger partial charge in [0.2, 0.25) is 0 Å². The highest BCUT2D eigenvalue weighted by atomic mass is 16.5. The first-order valence-corrected chi connectivity index (χ1v) is 9.19. The highest BCUT2D eigenvalue weighted by Crippen LogP contribution is 2.62. The normalized spacial score (nSPS) is 40.8. The second kappa shape index (κ2) is 6.27. The molecule has 1 fully saturated rings. The standard InChI is InChI=1S/C20H28O5/c1-12-11-16(21)20(3)14(17(22)23)5-4-6-15(20)19(12,2)9-7-13-8-10-25-18(13)24/h5,8,12,15-16,21H,4,6-7,9-11H2,1-3H3,(H,22,23)/t12-,15-,16+,19+,20+/m1/s1. The van der Waals surface area contributed by atoms with Crippen LogP contribution in [0.3, 0.4) is 0 Å². The Morgan fingerprint density at radius 3 is 2.68 bits per heavy atom. The molecule has 2 N–H and O–H groups in total. The first-order valence-electron chi connectivity index (χ1n) is 9.19. The maximum atomic E-state index is 11.8. The zero-order valence-electron chi connectivity index (χ0n) is 15.2. The number of carbonyl (C=O) groups excluding carboxylic acids is 1. The van der Waals surface area contributed by atoms with Crippen molar-refractivity contribution in [1.29, 1.82) is 0 Å². The molecule has 5 nitrogen and oxygen atoms in total. The van der Waals surface area contributed by atoms with Crippen LogP contribution in [0.4, 0.5) is 0 Å². The first kappa shape index (κ1) is 18.2. The summed E-state index contributed by atoms with van der Waals surface area (Å²) < 4.78 is 5.00. The molecular formula is C20H28O5. The fourth-order valence-corrected chi connectivity index (χ4v) is 5.46. The quantitative estimate of drug-likeness (QED) is 0.763. The second-order valence-corrected chi connectivity index (χ2v) is 8.32. The summed E-state index contributed by atoms with van der Waals surface area (Å²) in [7, 11) is 0. The van der Waals surface area contributed by atoms with E-state index in [0.717, 1.165) is 24.8 Å². The number of hydrogen-bond donors (Lipinski definition) is 2. The minimum atomic E-state index is -0.926. The molecule has 0 bridgehead atoms. The molecular weight excluding hydrogens is 320 g/mol. The Morgan fingerprint density at radius 1 is 1.36 bits per heavy atom. The van der Waals surface area contributed by atoms with E-state index < -0.39 is 17.5 Å². The number of carboxylic acids is 1. The molecule has 0 radical (unpaired) electrons. The monoisotopic (exact) mass is 348 g/mol. The van der Waals surface area contributed by atoms with Gasteiger partial charge in [-0.25, -0.2) is 9.59 Å². The number of allylic oxidation sites excluding steroid dienone is 1. The number of carbonyl (C=O) groups is 2. The van der Waals surface area contributed by atoms with Crippen molar-refractivity contribution in [2.24, 2.45) is 22.7 Å². The lowest BCUT2D eigenvalue weighted by Gasteiger charge is -2.59. The van der Waals surface area contributed by atoms with Crippen LogP contribution in [0.25, 0.3) is 0 Å². The molecule has 2 aliphatic carbocycles. The molecule has 3 rings (SSSR count). The van der Waals surface area contributed by atoms with Crippen LogP contribution in [0, 0.1) is 22.7 Å². The summed E-state index contributed by atoms with van der Waals surface area (Å²) in [6.07, 6.45) is 6.60. The summed E-state index contributed by atoms with van der Waals surface area (Å²) in [5.41, 5.74) is 0.211. The summed E-state index contributed by atoms with van der Waals surface area (Å²) in [4.78, 5) is 23.6. The van der Waals surface area contributed by atoms with Crippen LogP contribution < -0.4 is 0 Å². The fraction of sp³-hybridized carbons (Fsp3) is 0.700. The zero-order valence-corrected chi connectivity index (χ0v) is 15.2. The Bertz CT molecular complexity index is 648. The number of aliphatic hydroxyl groups excluding tert-OH is 1. The predicted molar refractivity (Wildman–Crippen MR) is 92.7 cm³/mol. The van der Waals surface area contributed by atoms with Crippen molar-refractivity contribution in [1.82, 2.24) is 0 Å². The van der Waals surface area contributed by atoms with E-state index in [9.17, 15) is 19.8 Å². The van der Waals surface area contributed by atoms with Crippen LogP contribution in [-0.2, 0) is 14.3 Å². The van der Waals surface area contributed by atoms with E-state index in [1.165, 1.54) is 0 Å². The molecule has 138 valence electrons. The van der Waals surface area contributed by atoms with Crippen molar-refractivity contribution in [2.75, 3.05) is 6.61 Å². The SMILES string of the molecule is C[C@@H]1C[C@H](O)[C@@]2(C)C(C(=O)O)=CCC[C@@H]2[C@@]1(C)CCC1=CCOC1=O. The van der Waals surface area contributed by atoms with Crippen molar-refractivity contribution >= 4 is 11.9 Å². The highest BCUT2D eigenvalue weighted by Gasteiger charge is 2.59. The van der Waals surface area contributed by atoms with Gasteiger partial charge in [-0.1, -0.05) is 26.8 Å². The van der Waals surface area contributed by atoms with Gasteiger partial charge in [0, 0.05) is 16.6 Å². The van der Waals surface area contributed by atoms with E-state index in [-0.39, 0.29) is 23.2 Å². The minimum Gasteiger partial charge on any atom is -0.478 e. The number of esters is 1. The molecule has 25 heavy (non-hydrogen) atoms. The number of aliphatic hydroxyl groups is 1. The lowest BCUT2D eigenvalue weighted by Crippen LogP contribution is -2.57. The van der Waals surface area contributed by atoms with Gasteiger partial charge in [-0.2, -0.15) is 0 Å². The van der Waals surface area contributed by atoms with Gasteiger partial charge in [-0.3, -0.25) is 0 Å². The van der Waals surface area contributed by atoms with Gasteiger partial charge in [0.1, 0.15) is 6.61 Å². The van der Waals surface area contributed by atoms with Gasteiger partial charge < -0.3 is 14.9 Å². The van der Waals surface area contributed by atoms with Crippen LogP contribution in [-0.4, -0.2) is 34.9 Å². The van der Waals surface area contributed by atoms with E-state index in [1.807, 2.05) is 13.0 Å². The summed E-state index contributed by atoms with van der Waals surface area (Å²) in [6, 6.07) is 0. The smallest absolute Gasteiger partial charge is 0.334 e. The molecule has 1 aliphatic heterocycles. The topological polar surface area (TPSA) is 83.8 Å². The van der Waals surface area contributed by atoms with Gasteiger partial charge in [0.05, 0.1) is 6.10 Å². The van der Waals surface area contributed by atoms with Gasteiger partial charge in [-0.15, -0.1) is 0 Å². The lowest BCUT2D eigenvalue weighted by molar-refractivity contribution is -0.148. The van der Waals surface area contributed by atoms with E-state index >= 15 is 0 Å². The van der Waals surface area contributed by atoms with Crippen molar-refractivity contribution < 1.29 is 24.5 Å². The van der Waals surface area contributed by atoms with Gasteiger partial charge in [-0.05, 0) is 55.4 Å². The molecule has 0 amide bonds. The van der Waals surface area contributed by atoms with E-state index in [1.54, 1.807) is 6.08 Å². The molecule has 5 heteroatoms. The molecule has 0 spiro atoms. The van der Waals surface area contributed by atoms with Gasteiger partial charge in [0.15, 0.2) is 0 Å². The van der Waals surface area contributed by atoms with E-state index in [4.69, 9.17) is 4.74 Å². The van der Waals surface area contributed by atoms with Crippen LogP contribution in [0.15, 0.2) is 23.3 Å². The highest BCUT2D eigenvalue weighted by molar-refractivity contribution is 5.90. The summed E-state index contributed by atoms with van der Waals surface area (Å²) in [5, 5.41) is 20.5. The third kappa shape index (κ3) is 2.73. The lowest BCUT2D eigenvalue weighted by atomic mass is 9.45. The first-order chi connectivity index (χ1) is 11.7. The van der Waals surface area contributed by atoms with Crippen LogP contribution >= 0.6 is 0 Å². The van der Waals surface area contributed by atoms with Crippen LogP contribution in [0.1, 0.15) is 52.9 Å². The molecule has 0 unspecified atom stereocenters. The molecule has 0 aromatic rings. The largest absolute Gasteiger partial charge is 0.478 e. The van der Waals surface area contributed by atoms with Crippen molar-refractivity contribution in [3.05, 3.63) is 23.3 Å². The summed E-state index contributed by atoms with van der Waals surface area (Å²) >= 11 is 0. The zero-order chi connectivity index (χ0) is 18.4. The third-order valence-corrected chi connectivity index (χ3v) is 7.27. The number of rotatable bonds is 4. The molecule has 0 saturated heterocycles. The van der Waals surface area contributed by atoms with Crippen molar-refractivity contribution in [3.63, 3.8) is 0 Å². The number of hydrogen-bond acceptors (Lipinski definition) is 4. The minimum absolute atomic E-state index is 0.0767. The average Bonchev–Trinajstić information content (AvgIpc) is 2.96.